The van der Waals surface area contributed by atoms with Crippen molar-refractivity contribution in [1.82, 2.24) is 5.32 Å². The quantitative estimate of drug-likeness (QED) is 0.900. The Morgan fingerprint density at radius 2 is 2.00 bits per heavy atom. The number of rotatable bonds is 3. The molecule has 1 saturated heterocycles. The van der Waals surface area contributed by atoms with Gasteiger partial charge in [-0.15, -0.1) is 0 Å². The smallest absolute Gasteiger partial charge is 0.123 e. The van der Waals surface area contributed by atoms with Gasteiger partial charge in [0.05, 0.1) is 0 Å². The molecule has 0 bridgehead atoms. The van der Waals surface area contributed by atoms with Gasteiger partial charge in [0.25, 0.3) is 0 Å². The molecule has 0 aliphatic carbocycles. The van der Waals surface area contributed by atoms with Crippen molar-refractivity contribution >= 4 is 5.69 Å². The molecule has 2 rings (SSSR count). The third-order valence-corrected chi connectivity index (χ3v) is 4.37. The Kier molecular flexibility index (Phi) is 4.14. The van der Waals surface area contributed by atoms with Crippen LogP contribution in [0.15, 0.2) is 24.3 Å². The Morgan fingerprint density at radius 1 is 1.37 bits per heavy atom. The van der Waals surface area contributed by atoms with E-state index < -0.39 is 0 Å². The number of hydrogen-bond donors (Lipinski definition) is 1. The van der Waals surface area contributed by atoms with Crippen LogP contribution < -0.4 is 10.2 Å². The number of halogens is 1. The minimum absolute atomic E-state index is 0.139. The first kappa shape index (κ1) is 14.3. The van der Waals surface area contributed by atoms with Gasteiger partial charge >= 0.3 is 0 Å². The molecule has 0 spiro atoms. The van der Waals surface area contributed by atoms with Crippen molar-refractivity contribution in [3.63, 3.8) is 0 Å². The Labute approximate surface area is 116 Å². The van der Waals surface area contributed by atoms with E-state index in [4.69, 9.17) is 0 Å². The lowest BCUT2D eigenvalue weighted by molar-refractivity contribution is 0.253. The second-order valence-electron chi connectivity index (χ2n) is 6.21. The second-order valence-corrected chi connectivity index (χ2v) is 6.21. The van der Waals surface area contributed by atoms with Crippen molar-refractivity contribution in [2.75, 3.05) is 18.0 Å². The SMILES string of the molecule is CCC1(C)CN(c2ccc(F)cc2)C(C(C)C)CN1. The summed E-state index contributed by atoms with van der Waals surface area (Å²) in [5, 5.41) is 3.67. The van der Waals surface area contributed by atoms with Gasteiger partial charge in [0.15, 0.2) is 0 Å². The topological polar surface area (TPSA) is 15.3 Å². The molecular weight excluding hydrogens is 239 g/mol. The lowest BCUT2D eigenvalue weighted by Gasteiger charge is -2.48. The van der Waals surface area contributed by atoms with E-state index in [-0.39, 0.29) is 11.4 Å². The van der Waals surface area contributed by atoms with E-state index in [1.165, 1.54) is 0 Å². The van der Waals surface area contributed by atoms with Crippen LogP contribution in [0.2, 0.25) is 0 Å². The van der Waals surface area contributed by atoms with Gasteiger partial charge in [-0.25, -0.2) is 4.39 Å². The summed E-state index contributed by atoms with van der Waals surface area (Å²) >= 11 is 0. The normalized spacial score (nSPS) is 27.9. The molecule has 2 unspecified atom stereocenters. The molecule has 0 amide bonds. The summed E-state index contributed by atoms with van der Waals surface area (Å²) in [6.45, 7) is 10.9. The number of anilines is 1. The average Bonchev–Trinajstić information content (AvgIpc) is 2.39. The Balaban J connectivity index is 2.27. The fourth-order valence-electron chi connectivity index (χ4n) is 2.76. The molecule has 1 heterocycles. The van der Waals surface area contributed by atoms with Gasteiger partial charge < -0.3 is 10.2 Å². The highest BCUT2D eigenvalue weighted by atomic mass is 19.1. The van der Waals surface area contributed by atoms with Crippen LogP contribution in [0.3, 0.4) is 0 Å². The Hall–Kier alpha value is -1.09. The zero-order valence-corrected chi connectivity index (χ0v) is 12.4. The van der Waals surface area contributed by atoms with E-state index in [0.29, 0.717) is 12.0 Å². The third kappa shape index (κ3) is 3.08. The fraction of sp³-hybridized carbons (Fsp3) is 0.625. The first-order chi connectivity index (χ1) is 8.95. The number of nitrogens with one attached hydrogen (secondary N) is 1. The van der Waals surface area contributed by atoms with E-state index in [1.54, 1.807) is 12.1 Å². The Bertz CT molecular complexity index is 415. The first-order valence-corrected chi connectivity index (χ1v) is 7.22. The second kappa shape index (κ2) is 5.49. The van der Waals surface area contributed by atoms with Crippen LogP contribution in [-0.4, -0.2) is 24.7 Å². The van der Waals surface area contributed by atoms with Gasteiger partial charge in [-0.05, 0) is 43.5 Å². The monoisotopic (exact) mass is 264 g/mol. The van der Waals surface area contributed by atoms with Crippen molar-refractivity contribution in [3.05, 3.63) is 30.1 Å². The summed E-state index contributed by atoms with van der Waals surface area (Å²) in [6.07, 6.45) is 1.09. The predicted molar refractivity (Wildman–Crippen MR) is 79.1 cm³/mol. The molecule has 1 aromatic rings. The van der Waals surface area contributed by atoms with Crippen molar-refractivity contribution in [2.45, 2.75) is 45.7 Å². The zero-order chi connectivity index (χ0) is 14.0. The molecule has 3 heteroatoms. The minimum atomic E-state index is -0.168. The molecule has 1 aliphatic rings. The summed E-state index contributed by atoms with van der Waals surface area (Å²) < 4.78 is 13.1. The van der Waals surface area contributed by atoms with E-state index in [0.717, 1.165) is 25.2 Å². The molecule has 0 aromatic heterocycles. The molecule has 19 heavy (non-hydrogen) atoms. The fourth-order valence-corrected chi connectivity index (χ4v) is 2.76. The lowest BCUT2D eigenvalue weighted by atomic mass is 9.89. The molecule has 0 radical (unpaired) electrons. The molecule has 1 aromatic carbocycles. The molecule has 0 saturated carbocycles. The highest BCUT2D eigenvalue weighted by Crippen LogP contribution is 2.28. The van der Waals surface area contributed by atoms with Crippen LogP contribution >= 0.6 is 0 Å². The van der Waals surface area contributed by atoms with E-state index in [9.17, 15) is 4.39 Å². The Morgan fingerprint density at radius 3 is 2.53 bits per heavy atom. The highest BCUT2D eigenvalue weighted by Gasteiger charge is 2.35. The maximum Gasteiger partial charge on any atom is 0.123 e. The van der Waals surface area contributed by atoms with E-state index in [2.05, 4.69) is 37.9 Å². The number of nitrogens with zero attached hydrogens (tertiary/aromatic N) is 1. The van der Waals surface area contributed by atoms with Crippen LogP contribution in [0.1, 0.15) is 34.1 Å². The molecule has 2 atom stereocenters. The summed E-state index contributed by atoms with van der Waals surface area (Å²) in [7, 11) is 0. The molecule has 106 valence electrons. The van der Waals surface area contributed by atoms with E-state index >= 15 is 0 Å². The van der Waals surface area contributed by atoms with Crippen molar-refractivity contribution in [1.29, 1.82) is 0 Å². The predicted octanol–water partition coefficient (Wildman–Crippen LogP) is 3.43. The highest BCUT2D eigenvalue weighted by molar-refractivity contribution is 5.49. The largest absolute Gasteiger partial charge is 0.365 e. The average molecular weight is 264 g/mol. The summed E-state index contributed by atoms with van der Waals surface area (Å²) in [5.41, 5.74) is 1.26. The van der Waals surface area contributed by atoms with Crippen LogP contribution in [0.4, 0.5) is 10.1 Å². The lowest BCUT2D eigenvalue weighted by Crippen LogP contribution is -2.64. The molecule has 1 N–H and O–H groups in total. The number of hydrogen-bond acceptors (Lipinski definition) is 2. The van der Waals surface area contributed by atoms with Crippen molar-refractivity contribution in [2.24, 2.45) is 5.92 Å². The standard InChI is InChI=1S/C16H25FN2/c1-5-16(4)11-19(15(10-18-16)12(2)3)14-8-6-13(17)7-9-14/h6-9,12,15,18H,5,10-11H2,1-4H3. The third-order valence-electron chi connectivity index (χ3n) is 4.37. The number of benzene rings is 1. The van der Waals surface area contributed by atoms with Gasteiger partial charge in [0.1, 0.15) is 5.82 Å². The summed E-state index contributed by atoms with van der Waals surface area (Å²) in [6, 6.07) is 7.36. The molecular formula is C16H25FN2. The molecule has 2 nitrogen and oxygen atoms in total. The minimum Gasteiger partial charge on any atom is -0.365 e. The van der Waals surface area contributed by atoms with Crippen molar-refractivity contribution < 1.29 is 4.39 Å². The summed E-state index contributed by atoms with van der Waals surface area (Å²) in [4.78, 5) is 2.43. The number of piperazine rings is 1. The maximum atomic E-state index is 13.1. The van der Waals surface area contributed by atoms with Crippen LogP contribution in [0.5, 0.6) is 0 Å². The first-order valence-electron chi connectivity index (χ1n) is 7.22. The van der Waals surface area contributed by atoms with Gasteiger partial charge in [0.2, 0.25) is 0 Å². The van der Waals surface area contributed by atoms with Gasteiger partial charge in [-0.2, -0.15) is 0 Å². The van der Waals surface area contributed by atoms with Gasteiger partial charge in [-0.3, -0.25) is 0 Å². The summed E-state index contributed by atoms with van der Waals surface area (Å²) in [5.74, 6) is 0.400. The molecule has 1 aliphatic heterocycles. The zero-order valence-electron chi connectivity index (χ0n) is 12.4. The molecule has 1 fully saturated rings. The van der Waals surface area contributed by atoms with Crippen LogP contribution in [0.25, 0.3) is 0 Å². The van der Waals surface area contributed by atoms with Crippen LogP contribution in [0, 0.1) is 11.7 Å². The van der Waals surface area contributed by atoms with Gasteiger partial charge in [0, 0.05) is 30.4 Å². The van der Waals surface area contributed by atoms with Crippen molar-refractivity contribution in [3.8, 4) is 0 Å². The van der Waals surface area contributed by atoms with Crippen LogP contribution in [-0.2, 0) is 0 Å². The maximum absolute atomic E-state index is 13.1. The van der Waals surface area contributed by atoms with Gasteiger partial charge in [-0.1, -0.05) is 20.8 Å². The van der Waals surface area contributed by atoms with E-state index in [1.807, 2.05) is 12.1 Å².